The van der Waals surface area contributed by atoms with Gasteiger partial charge in [0, 0.05) is 24.5 Å². The summed E-state index contributed by atoms with van der Waals surface area (Å²) in [6.07, 6.45) is 0. The fourth-order valence-corrected chi connectivity index (χ4v) is 2.00. The first-order valence-corrected chi connectivity index (χ1v) is 5.82. The summed E-state index contributed by atoms with van der Waals surface area (Å²) in [5.74, 6) is 0.489. The van der Waals surface area contributed by atoms with E-state index in [9.17, 15) is 4.79 Å². The van der Waals surface area contributed by atoms with Crippen LogP contribution in [0.5, 0.6) is 0 Å². The summed E-state index contributed by atoms with van der Waals surface area (Å²) in [6, 6.07) is 4.79. The molecule has 2 amide bonds. The number of amidine groups is 1. The van der Waals surface area contributed by atoms with Crippen molar-refractivity contribution < 1.29 is 4.79 Å². The molecule has 1 aromatic rings. The third kappa shape index (κ3) is 2.20. The summed E-state index contributed by atoms with van der Waals surface area (Å²) in [6.45, 7) is 0.316. The van der Waals surface area contributed by atoms with Crippen molar-refractivity contribution in [2.24, 2.45) is 4.51 Å². The number of rotatable bonds is 1. The Hall–Kier alpha value is -0.970. The maximum Gasteiger partial charge on any atom is 0.330 e. The molecule has 4 nitrogen and oxygen atoms in total. The first-order valence-electron chi connectivity index (χ1n) is 4.72. The molecule has 1 heterocycles. The normalized spacial score (nSPS) is 18.4. The van der Waals surface area contributed by atoms with Crippen molar-refractivity contribution in [1.29, 1.82) is 0 Å². The molecule has 1 aliphatic heterocycles. The first kappa shape index (κ1) is 12.5. The second kappa shape index (κ2) is 4.72. The van der Waals surface area contributed by atoms with E-state index in [2.05, 4.69) is 4.51 Å². The maximum absolute atomic E-state index is 11.9. The molecular weight excluding hydrogens is 284 g/mol. The minimum Gasteiger partial charge on any atom is -0.286 e. The number of hydrogen-bond acceptors (Lipinski definition) is 2. The van der Waals surface area contributed by atoms with Gasteiger partial charge in [0.05, 0.1) is 16.6 Å². The summed E-state index contributed by atoms with van der Waals surface area (Å²) >= 11 is 17.1. The van der Waals surface area contributed by atoms with Crippen LogP contribution in [0.3, 0.4) is 0 Å². The molecule has 0 spiro atoms. The summed E-state index contributed by atoms with van der Waals surface area (Å²) in [4.78, 5) is 14.8. The third-order valence-corrected chi connectivity index (χ3v) is 3.45. The van der Waals surface area contributed by atoms with Crippen LogP contribution < -0.4 is 4.90 Å². The number of carbonyl (C=O) groups excluding carboxylic acids is 1. The van der Waals surface area contributed by atoms with E-state index in [4.69, 9.17) is 35.0 Å². The van der Waals surface area contributed by atoms with Gasteiger partial charge in [-0.25, -0.2) is 4.79 Å². The summed E-state index contributed by atoms with van der Waals surface area (Å²) < 4.78 is 3.53. The molecule has 0 aromatic heterocycles. The number of carbonyl (C=O) groups is 1. The van der Waals surface area contributed by atoms with E-state index < -0.39 is 0 Å². The van der Waals surface area contributed by atoms with E-state index in [0.29, 0.717) is 28.1 Å². The lowest BCUT2D eigenvalue weighted by Gasteiger charge is -2.15. The molecule has 1 aliphatic rings. The van der Waals surface area contributed by atoms with Crippen molar-refractivity contribution in [3.8, 4) is 0 Å². The Morgan fingerprint density at radius 3 is 2.53 bits per heavy atom. The largest absolute Gasteiger partial charge is 0.330 e. The molecule has 1 fully saturated rings. The predicted octanol–water partition coefficient (Wildman–Crippen LogP) is 3.42. The Labute approximate surface area is 113 Å². The molecule has 0 bridgehead atoms. The highest BCUT2D eigenvalue weighted by Gasteiger charge is 2.32. The summed E-state index contributed by atoms with van der Waals surface area (Å²) in [5, 5.41) is 0.845. The van der Waals surface area contributed by atoms with Crippen molar-refractivity contribution in [3.05, 3.63) is 28.2 Å². The maximum atomic E-state index is 11.9. The van der Waals surface area contributed by atoms with Crippen molar-refractivity contribution in [1.82, 2.24) is 4.90 Å². The van der Waals surface area contributed by atoms with E-state index in [1.807, 2.05) is 0 Å². The molecule has 0 saturated carbocycles. The lowest BCUT2D eigenvalue weighted by Crippen LogP contribution is -2.29. The molecule has 0 unspecified atom stereocenters. The zero-order chi connectivity index (χ0) is 12.6. The van der Waals surface area contributed by atoms with Crippen molar-refractivity contribution in [3.63, 3.8) is 0 Å². The second-order valence-electron chi connectivity index (χ2n) is 3.53. The van der Waals surface area contributed by atoms with E-state index in [1.54, 1.807) is 25.2 Å². The molecule has 0 aliphatic carbocycles. The average Bonchev–Trinajstić information content (AvgIpc) is 2.60. The SMILES string of the molecule is CN1C(=O)N(c2ccc(Cl)c(Cl)c2)C/C1=N/Cl. The predicted molar refractivity (Wildman–Crippen MR) is 70.3 cm³/mol. The zero-order valence-corrected chi connectivity index (χ0v) is 11.1. The highest BCUT2D eigenvalue weighted by Crippen LogP contribution is 2.29. The number of benzene rings is 1. The van der Waals surface area contributed by atoms with Gasteiger partial charge in [0.15, 0.2) is 0 Å². The van der Waals surface area contributed by atoms with Gasteiger partial charge >= 0.3 is 6.03 Å². The lowest BCUT2D eigenvalue weighted by molar-refractivity contribution is 0.237. The van der Waals surface area contributed by atoms with Gasteiger partial charge in [-0.15, -0.1) is 0 Å². The van der Waals surface area contributed by atoms with E-state index in [-0.39, 0.29) is 6.03 Å². The standard InChI is InChI=1S/C10H8Cl3N3O/c1-15-9(14-13)5-16(10(15)17)6-2-3-7(11)8(12)4-6/h2-4H,5H2,1H3/b14-9-. The average molecular weight is 293 g/mol. The van der Waals surface area contributed by atoms with Gasteiger partial charge in [-0.1, -0.05) is 23.2 Å². The minimum atomic E-state index is -0.206. The molecule has 2 rings (SSSR count). The number of urea groups is 1. The Balaban J connectivity index is 2.35. The van der Waals surface area contributed by atoms with Gasteiger partial charge in [0.1, 0.15) is 5.84 Å². The van der Waals surface area contributed by atoms with Crippen LogP contribution in [-0.4, -0.2) is 30.4 Å². The van der Waals surface area contributed by atoms with Crippen LogP contribution in [0.25, 0.3) is 0 Å². The quantitative estimate of drug-likeness (QED) is 0.781. The second-order valence-corrected chi connectivity index (χ2v) is 4.51. The Bertz CT molecular complexity index is 504. The van der Waals surface area contributed by atoms with Crippen molar-refractivity contribution in [2.75, 3.05) is 18.5 Å². The summed E-state index contributed by atoms with van der Waals surface area (Å²) in [7, 11) is 1.61. The molecule has 0 N–H and O–H groups in total. The van der Waals surface area contributed by atoms with Gasteiger partial charge < -0.3 is 0 Å². The van der Waals surface area contributed by atoms with Gasteiger partial charge in [-0.3, -0.25) is 9.80 Å². The minimum absolute atomic E-state index is 0.206. The van der Waals surface area contributed by atoms with E-state index in [1.165, 1.54) is 9.80 Å². The molecule has 1 saturated heterocycles. The number of nitrogens with zero attached hydrogens (tertiary/aromatic N) is 3. The van der Waals surface area contributed by atoms with Crippen LogP contribution in [-0.2, 0) is 0 Å². The van der Waals surface area contributed by atoms with Crippen LogP contribution in [0.1, 0.15) is 0 Å². The van der Waals surface area contributed by atoms with E-state index >= 15 is 0 Å². The molecule has 7 heteroatoms. The Morgan fingerprint density at radius 1 is 1.29 bits per heavy atom. The number of hydrogen-bond donors (Lipinski definition) is 0. The Kier molecular flexibility index (Phi) is 3.47. The van der Waals surface area contributed by atoms with E-state index in [0.717, 1.165) is 0 Å². The number of halogens is 3. The number of likely N-dealkylation sites (N-methyl/N-ethyl adjacent to an activating group) is 1. The third-order valence-electron chi connectivity index (χ3n) is 2.52. The zero-order valence-electron chi connectivity index (χ0n) is 8.82. The monoisotopic (exact) mass is 291 g/mol. The Morgan fingerprint density at radius 2 is 2.00 bits per heavy atom. The van der Waals surface area contributed by atoms with Crippen LogP contribution >= 0.6 is 35.0 Å². The van der Waals surface area contributed by atoms with Gasteiger partial charge in [-0.2, -0.15) is 4.51 Å². The highest BCUT2D eigenvalue weighted by molar-refractivity contribution is 6.42. The molecule has 0 radical (unpaired) electrons. The first-order chi connectivity index (χ1) is 8.04. The van der Waals surface area contributed by atoms with Crippen LogP contribution in [0.2, 0.25) is 10.0 Å². The van der Waals surface area contributed by atoms with Crippen LogP contribution in [0.15, 0.2) is 22.7 Å². The molecular formula is C10H8Cl3N3O. The molecule has 1 aromatic carbocycles. The van der Waals surface area contributed by atoms with Crippen LogP contribution in [0, 0.1) is 0 Å². The van der Waals surface area contributed by atoms with Crippen molar-refractivity contribution >= 4 is 52.5 Å². The van der Waals surface area contributed by atoms with Gasteiger partial charge in [-0.05, 0) is 18.2 Å². The highest BCUT2D eigenvalue weighted by atomic mass is 35.5. The van der Waals surface area contributed by atoms with Gasteiger partial charge in [0.25, 0.3) is 0 Å². The summed E-state index contributed by atoms with van der Waals surface area (Å²) in [5.41, 5.74) is 0.659. The fraction of sp³-hybridized carbons (Fsp3) is 0.200. The van der Waals surface area contributed by atoms with Crippen molar-refractivity contribution in [2.45, 2.75) is 0 Å². The molecule has 17 heavy (non-hydrogen) atoms. The van der Waals surface area contributed by atoms with Gasteiger partial charge in [0.2, 0.25) is 0 Å². The lowest BCUT2D eigenvalue weighted by atomic mass is 10.3. The topological polar surface area (TPSA) is 35.9 Å². The number of amides is 2. The smallest absolute Gasteiger partial charge is 0.286 e. The molecule has 0 atom stereocenters. The number of anilines is 1. The fourth-order valence-electron chi connectivity index (χ4n) is 1.54. The molecule has 90 valence electrons. The van der Waals surface area contributed by atoms with Crippen LogP contribution in [0.4, 0.5) is 10.5 Å².